The predicted molar refractivity (Wildman–Crippen MR) is 108 cm³/mol. The van der Waals surface area contributed by atoms with Crippen LogP contribution in [0.25, 0.3) is 0 Å². The van der Waals surface area contributed by atoms with Gasteiger partial charge in [0.1, 0.15) is 0 Å². The first-order chi connectivity index (χ1) is 13.1. The Morgan fingerprint density at radius 1 is 1.00 bits per heavy atom. The number of likely N-dealkylation sites (tertiary alicyclic amines) is 1. The summed E-state index contributed by atoms with van der Waals surface area (Å²) in [4.78, 5) is 2.30. The second kappa shape index (κ2) is 9.99. The van der Waals surface area contributed by atoms with Gasteiger partial charge in [0.05, 0.1) is 12.4 Å². The molecule has 2 aromatic carbocycles. The van der Waals surface area contributed by atoms with E-state index in [4.69, 9.17) is 4.74 Å². The number of nitrogens with zero attached hydrogens (tertiary/aromatic N) is 1. The lowest BCUT2D eigenvalue weighted by atomic mass is 10.2. The highest BCUT2D eigenvalue weighted by atomic mass is 32.2. The summed E-state index contributed by atoms with van der Waals surface area (Å²) >= 11 is 0. The Morgan fingerprint density at radius 3 is 2.37 bits per heavy atom. The van der Waals surface area contributed by atoms with Crippen LogP contribution in [0.1, 0.15) is 24.0 Å². The number of hydrogen-bond acceptors (Lipinski definition) is 4. The van der Waals surface area contributed by atoms with Crippen LogP contribution in [-0.4, -0.2) is 44.8 Å². The van der Waals surface area contributed by atoms with E-state index < -0.39 is 10.0 Å². The predicted octanol–water partition coefficient (Wildman–Crippen LogP) is 2.79. The molecule has 1 N–H and O–H groups in total. The average molecular weight is 389 g/mol. The van der Waals surface area contributed by atoms with Gasteiger partial charge in [-0.15, -0.1) is 0 Å². The van der Waals surface area contributed by atoms with Gasteiger partial charge in [-0.05, 0) is 24.0 Å². The minimum absolute atomic E-state index is 0.00366. The van der Waals surface area contributed by atoms with Gasteiger partial charge in [-0.25, -0.2) is 13.1 Å². The zero-order valence-corrected chi connectivity index (χ0v) is 16.4. The molecule has 2 aromatic rings. The lowest BCUT2D eigenvalue weighted by Gasteiger charge is -2.17. The van der Waals surface area contributed by atoms with Gasteiger partial charge in [0.15, 0.2) is 0 Å². The summed E-state index contributed by atoms with van der Waals surface area (Å²) in [6.07, 6.45) is 1.36. The Bertz CT molecular complexity index is 782. The van der Waals surface area contributed by atoms with Gasteiger partial charge in [0.2, 0.25) is 10.0 Å². The number of nitrogens with one attached hydrogen (secondary N) is 1. The molecule has 1 unspecified atom stereocenters. The fourth-order valence-corrected chi connectivity index (χ4v) is 4.66. The molecule has 1 atom stereocenters. The van der Waals surface area contributed by atoms with Gasteiger partial charge in [0, 0.05) is 32.3 Å². The normalized spacial score (nSPS) is 18.0. The van der Waals surface area contributed by atoms with Gasteiger partial charge in [-0.2, -0.15) is 0 Å². The van der Waals surface area contributed by atoms with Gasteiger partial charge in [-0.3, -0.25) is 4.90 Å². The van der Waals surface area contributed by atoms with Crippen LogP contribution < -0.4 is 4.72 Å². The molecular weight excluding hydrogens is 360 g/mol. The Morgan fingerprint density at radius 2 is 1.67 bits per heavy atom. The molecule has 1 aliphatic rings. The molecule has 0 saturated carbocycles. The lowest BCUT2D eigenvalue weighted by molar-refractivity contribution is 0.122. The van der Waals surface area contributed by atoms with Crippen LogP contribution >= 0.6 is 0 Å². The van der Waals surface area contributed by atoms with Crippen LogP contribution in [-0.2, 0) is 27.9 Å². The van der Waals surface area contributed by atoms with E-state index in [1.807, 2.05) is 48.5 Å². The molecule has 1 heterocycles. The monoisotopic (exact) mass is 388 g/mol. The van der Waals surface area contributed by atoms with Gasteiger partial charge < -0.3 is 4.74 Å². The van der Waals surface area contributed by atoms with Crippen LogP contribution in [0.2, 0.25) is 0 Å². The Hall–Kier alpha value is -1.73. The van der Waals surface area contributed by atoms with E-state index in [0.717, 1.165) is 31.6 Å². The maximum absolute atomic E-state index is 12.3. The van der Waals surface area contributed by atoms with Crippen molar-refractivity contribution < 1.29 is 13.2 Å². The Balaban J connectivity index is 1.33. The smallest absolute Gasteiger partial charge is 0.211 e. The van der Waals surface area contributed by atoms with Crippen LogP contribution in [0.3, 0.4) is 0 Å². The first-order valence-electron chi connectivity index (χ1n) is 9.49. The van der Waals surface area contributed by atoms with Crippen LogP contribution in [0.4, 0.5) is 0 Å². The van der Waals surface area contributed by atoms with Crippen LogP contribution in [0, 0.1) is 0 Å². The number of rotatable bonds is 10. The third-order valence-electron chi connectivity index (χ3n) is 4.68. The SMILES string of the molecule is O=S(=O)(CCCOCc1ccccc1)NC1CCN(Cc2ccccc2)C1. The lowest BCUT2D eigenvalue weighted by Crippen LogP contribution is -2.38. The van der Waals surface area contributed by atoms with Crippen molar-refractivity contribution in [1.29, 1.82) is 0 Å². The van der Waals surface area contributed by atoms with E-state index in [0.29, 0.717) is 19.6 Å². The summed E-state index contributed by atoms with van der Waals surface area (Å²) < 4.78 is 33.0. The molecule has 146 valence electrons. The molecule has 0 spiro atoms. The molecule has 1 saturated heterocycles. The molecule has 5 nitrogen and oxygen atoms in total. The van der Waals surface area contributed by atoms with Crippen LogP contribution in [0.15, 0.2) is 60.7 Å². The number of hydrogen-bond donors (Lipinski definition) is 1. The molecule has 0 aliphatic carbocycles. The maximum atomic E-state index is 12.3. The molecule has 0 amide bonds. The van der Waals surface area contributed by atoms with Crippen molar-refractivity contribution in [3.05, 3.63) is 71.8 Å². The standard InChI is InChI=1S/C21H28N2O3S/c24-27(25,15-7-14-26-18-20-10-5-2-6-11-20)22-21-12-13-23(17-21)16-19-8-3-1-4-9-19/h1-6,8-11,21-22H,7,12-18H2. The Labute approximate surface area is 162 Å². The quantitative estimate of drug-likeness (QED) is 0.636. The van der Waals surface area contributed by atoms with Crippen molar-refractivity contribution in [2.24, 2.45) is 0 Å². The molecule has 3 rings (SSSR count). The molecule has 0 aromatic heterocycles. The van der Waals surface area contributed by atoms with Gasteiger partial charge in [-0.1, -0.05) is 60.7 Å². The van der Waals surface area contributed by atoms with E-state index in [2.05, 4.69) is 21.8 Å². The van der Waals surface area contributed by atoms with E-state index in [1.54, 1.807) is 0 Å². The minimum atomic E-state index is -3.26. The zero-order valence-electron chi connectivity index (χ0n) is 15.6. The third kappa shape index (κ3) is 7.07. The number of ether oxygens (including phenoxy) is 1. The van der Waals surface area contributed by atoms with Crippen molar-refractivity contribution in [2.75, 3.05) is 25.4 Å². The van der Waals surface area contributed by atoms with Gasteiger partial charge in [0.25, 0.3) is 0 Å². The highest BCUT2D eigenvalue weighted by Gasteiger charge is 2.26. The van der Waals surface area contributed by atoms with E-state index >= 15 is 0 Å². The summed E-state index contributed by atoms with van der Waals surface area (Å²) in [5, 5.41) is 0. The minimum Gasteiger partial charge on any atom is -0.377 e. The first-order valence-corrected chi connectivity index (χ1v) is 11.1. The first kappa shape index (κ1) is 20.0. The van der Waals surface area contributed by atoms with E-state index in [9.17, 15) is 8.42 Å². The summed E-state index contributed by atoms with van der Waals surface area (Å²) in [5.74, 6) is 0.108. The van der Waals surface area contributed by atoms with Gasteiger partial charge >= 0.3 is 0 Å². The highest BCUT2D eigenvalue weighted by molar-refractivity contribution is 7.89. The summed E-state index contributed by atoms with van der Waals surface area (Å²) in [5.41, 5.74) is 2.36. The van der Waals surface area contributed by atoms with E-state index in [-0.39, 0.29) is 11.8 Å². The Kier molecular flexibility index (Phi) is 7.41. The molecule has 27 heavy (non-hydrogen) atoms. The highest BCUT2D eigenvalue weighted by Crippen LogP contribution is 2.14. The molecule has 0 radical (unpaired) electrons. The maximum Gasteiger partial charge on any atom is 0.211 e. The molecule has 1 aliphatic heterocycles. The summed E-state index contributed by atoms with van der Waals surface area (Å²) in [6.45, 7) is 3.51. The second-order valence-corrected chi connectivity index (χ2v) is 8.91. The molecular formula is C21H28N2O3S. The fraction of sp³-hybridized carbons (Fsp3) is 0.429. The van der Waals surface area contributed by atoms with Crippen molar-refractivity contribution in [3.8, 4) is 0 Å². The molecule has 1 fully saturated rings. The topological polar surface area (TPSA) is 58.6 Å². The summed E-state index contributed by atoms with van der Waals surface area (Å²) in [7, 11) is -3.26. The van der Waals surface area contributed by atoms with Crippen molar-refractivity contribution in [2.45, 2.75) is 32.0 Å². The van der Waals surface area contributed by atoms with Crippen molar-refractivity contribution in [1.82, 2.24) is 9.62 Å². The molecule has 0 bridgehead atoms. The molecule has 6 heteroatoms. The summed E-state index contributed by atoms with van der Waals surface area (Å²) in [6, 6.07) is 20.2. The zero-order chi connectivity index (χ0) is 19.0. The van der Waals surface area contributed by atoms with E-state index in [1.165, 1.54) is 5.56 Å². The average Bonchev–Trinajstić information content (AvgIpc) is 3.09. The largest absolute Gasteiger partial charge is 0.377 e. The number of benzene rings is 2. The number of sulfonamides is 1. The third-order valence-corrected chi connectivity index (χ3v) is 6.20. The van der Waals surface area contributed by atoms with Crippen molar-refractivity contribution >= 4 is 10.0 Å². The van der Waals surface area contributed by atoms with Crippen molar-refractivity contribution in [3.63, 3.8) is 0 Å². The second-order valence-electron chi connectivity index (χ2n) is 7.03. The van der Waals surface area contributed by atoms with Crippen LogP contribution in [0.5, 0.6) is 0 Å². The fourth-order valence-electron chi connectivity index (χ4n) is 3.34.